The first-order valence-corrected chi connectivity index (χ1v) is 8.61. The van der Waals surface area contributed by atoms with Crippen molar-refractivity contribution in [3.05, 3.63) is 58.1 Å². The van der Waals surface area contributed by atoms with Crippen LogP contribution in [0.4, 0.5) is 0 Å². The molecule has 2 aromatic carbocycles. The van der Waals surface area contributed by atoms with Crippen molar-refractivity contribution in [3.63, 3.8) is 0 Å². The Morgan fingerprint density at radius 2 is 1.68 bits per heavy atom. The van der Waals surface area contributed by atoms with Gasteiger partial charge >= 0.3 is 0 Å². The second-order valence-corrected chi connectivity index (χ2v) is 6.45. The zero-order chi connectivity index (χ0) is 15.9. The normalized spacial score (nSPS) is 12.4. The first kappa shape index (κ1) is 17.3. The Morgan fingerprint density at radius 1 is 0.955 bits per heavy atom. The first-order valence-electron chi connectivity index (χ1n) is 7.85. The van der Waals surface area contributed by atoms with Crippen LogP contribution in [0.15, 0.2) is 42.5 Å². The Hall–Kier alpha value is -1.02. The lowest BCUT2D eigenvalue weighted by Crippen LogP contribution is -1.97. The molecule has 1 atom stereocenters. The van der Waals surface area contributed by atoms with Crippen LogP contribution in [-0.4, -0.2) is 5.11 Å². The predicted molar refractivity (Wildman–Crippen MR) is 95.6 cm³/mol. The molecule has 0 bridgehead atoms. The third kappa shape index (κ3) is 4.74. The van der Waals surface area contributed by atoms with Gasteiger partial charge in [-0.3, -0.25) is 0 Å². The molecule has 0 amide bonds. The fourth-order valence-electron chi connectivity index (χ4n) is 2.54. The minimum atomic E-state index is -0.383. The van der Waals surface area contributed by atoms with Crippen LogP contribution in [0.3, 0.4) is 0 Å². The van der Waals surface area contributed by atoms with E-state index < -0.39 is 0 Å². The highest BCUT2D eigenvalue weighted by atomic mass is 35.5. The van der Waals surface area contributed by atoms with E-state index >= 15 is 0 Å². The zero-order valence-electron chi connectivity index (χ0n) is 12.9. The summed E-state index contributed by atoms with van der Waals surface area (Å²) in [5.41, 5.74) is 2.95. The van der Waals surface area contributed by atoms with Gasteiger partial charge in [0.15, 0.2) is 0 Å². The van der Waals surface area contributed by atoms with E-state index in [2.05, 4.69) is 6.92 Å². The molecular formula is C19H22Cl2O. The molecule has 118 valence electrons. The van der Waals surface area contributed by atoms with E-state index in [0.29, 0.717) is 10.0 Å². The summed E-state index contributed by atoms with van der Waals surface area (Å²) in [6.45, 7) is 2.19. The van der Waals surface area contributed by atoms with E-state index in [1.807, 2.05) is 36.4 Å². The van der Waals surface area contributed by atoms with Crippen molar-refractivity contribution in [2.45, 2.75) is 45.1 Å². The molecule has 0 fully saturated rings. The molecular weight excluding hydrogens is 315 g/mol. The highest BCUT2D eigenvalue weighted by Crippen LogP contribution is 2.31. The molecule has 2 aromatic rings. The van der Waals surface area contributed by atoms with Crippen molar-refractivity contribution < 1.29 is 5.11 Å². The second kappa shape index (κ2) is 8.57. The Kier molecular flexibility index (Phi) is 6.75. The van der Waals surface area contributed by atoms with Crippen molar-refractivity contribution in [1.82, 2.24) is 0 Å². The average molecular weight is 337 g/mol. The van der Waals surface area contributed by atoms with E-state index in [9.17, 15) is 5.11 Å². The molecule has 0 heterocycles. The Labute approximate surface area is 142 Å². The van der Waals surface area contributed by atoms with Gasteiger partial charge in [-0.2, -0.15) is 0 Å². The number of hydrogen-bond acceptors (Lipinski definition) is 1. The summed E-state index contributed by atoms with van der Waals surface area (Å²) < 4.78 is 0. The Morgan fingerprint density at radius 3 is 2.32 bits per heavy atom. The van der Waals surface area contributed by atoms with Crippen LogP contribution in [0.5, 0.6) is 0 Å². The Bertz CT molecular complexity index is 593. The van der Waals surface area contributed by atoms with Gasteiger partial charge in [0.25, 0.3) is 0 Å². The largest absolute Gasteiger partial charge is 0.388 e. The third-order valence-electron chi connectivity index (χ3n) is 3.87. The highest BCUT2D eigenvalue weighted by molar-refractivity contribution is 6.36. The third-order valence-corrected chi connectivity index (χ3v) is 4.42. The number of aliphatic hydroxyl groups is 1. The molecule has 1 N–H and O–H groups in total. The predicted octanol–water partition coefficient (Wildman–Crippen LogP) is 6.66. The summed E-state index contributed by atoms with van der Waals surface area (Å²) in [5.74, 6) is 0. The van der Waals surface area contributed by atoms with Crippen LogP contribution in [-0.2, 0) is 0 Å². The average Bonchev–Trinajstić information content (AvgIpc) is 2.52. The van der Waals surface area contributed by atoms with E-state index in [1.165, 1.54) is 19.3 Å². The van der Waals surface area contributed by atoms with E-state index in [1.54, 1.807) is 6.07 Å². The molecule has 2 rings (SSSR count). The molecule has 0 aliphatic carbocycles. The standard InChI is InChI=1S/C19H22Cl2O/c1-2-3-4-5-6-19(22)15-9-7-14(8-10-15)17-12-11-16(20)13-18(17)21/h7-13,19,22H,2-6H2,1H3/t19-/m1/s1. The smallest absolute Gasteiger partial charge is 0.0790 e. The van der Waals surface area contributed by atoms with Crippen molar-refractivity contribution in [2.24, 2.45) is 0 Å². The monoisotopic (exact) mass is 336 g/mol. The summed E-state index contributed by atoms with van der Waals surface area (Å²) in [5, 5.41) is 11.5. The number of aliphatic hydroxyl groups excluding tert-OH is 1. The zero-order valence-corrected chi connectivity index (χ0v) is 14.4. The fourth-order valence-corrected chi connectivity index (χ4v) is 3.06. The Balaban J connectivity index is 2.03. The summed E-state index contributed by atoms with van der Waals surface area (Å²) in [6, 6.07) is 13.4. The number of rotatable bonds is 7. The molecule has 3 heteroatoms. The SMILES string of the molecule is CCCCCC[C@@H](O)c1ccc(-c2ccc(Cl)cc2Cl)cc1. The van der Waals surface area contributed by atoms with Gasteiger partial charge in [-0.1, -0.05) is 86.1 Å². The van der Waals surface area contributed by atoms with Gasteiger partial charge in [0, 0.05) is 15.6 Å². The van der Waals surface area contributed by atoms with Crippen LogP contribution < -0.4 is 0 Å². The lowest BCUT2D eigenvalue weighted by Gasteiger charge is -2.12. The number of unbranched alkanes of at least 4 members (excludes halogenated alkanes) is 3. The minimum Gasteiger partial charge on any atom is -0.388 e. The molecule has 1 nitrogen and oxygen atoms in total. The summed E-state index contributed by atoms with van der Waals surface area (Å²) >= 11 is 12.2. The van der Waals surface area contributed by atoms with Gasteiger partial charge in [-0.05, 0) is 29.7 Å². The summed E-state index contributed by atoms with van der Waals surface area (Å²) in [7, 11) is 0. The van der Waals surface area contributed by atoms with Crippen molar-refractivity contribution >= 4 is 23.2 Å². The number of halogens is 2. The molecule has 0 unspecified atom stereocenters. The van der Waals surface area contributed by atoms with Crippen LogP contribution in [0, 0.1) is 0 Å². The van der Waals surface area contributed by atoms with Crippen molar-refractivity contribution in [2.75, 3.05) is 0 Å². The van der Waals surface area contributed by atoms with E-state index in [-0.39, 0.29) is 6.10 Å². The molecule has 0 aromatic heterocycles. The molecule has 0 saturated heterocycles. The maximum Gasteiger partial charge on any atom is 0.0790 e. The molecule has 0 saturated carbocycles. The lowest BCUT2D eigenvalue weighted by atomic mass is 9.99. The maximum absolute atomic E-state index is 10.2. The lowest BCUT2D eigenvalue weighted by molar-refractivity contribution is 0.163. The highest BCUT2D eigenvalue weighted by Gasteiger charge is 2.09. The molecule has 0 radical (unpaired) electrons. The van der Waals surface area contributed by atoms with Gasteiger partial charge in [0.05, 0.1) is 6.10 Å². The summed E-state index contributed by atoms with van der Waals surface area (Å²) in [6.07, 6.45) is 5.15. The van der Waals surface area contributed by atoms with E-state index in [0.717, 1.165) is 29.5 Å². The van der Waals surface area contributed by atoms with Gasteiger partial charge in [-0.25, -0.2) is 0 Å². The minimum absolute atomic E-state index is 0.383. The fraction of sp³-hybridized carbons (Fsp3) is 0.368. The molecule has 0 aliphatic heterocycles. The van der Waals surface area contributed by atoms with Crippen LogP contribution >= 0.6 is 23.2 Å². The van der Waals surface area contributed by atoms with Crippen LogP contribution in [0.25, 0.3) is 11.1 Å². The van der Waals surface area contributed by atoms with Crippen molar-refractivity contribution in [3.8, 4) is 11.1 Å². The summed E-state index contributed by atoms with van der Waals surface area (Å²) in [4.78, 5) is 0. The first-order chi connectivity index (χ1) is 10.6. The van der Waals surface area contributed by atoms with Crippen LogP contribution in [0.1, 0.15) is 50.7 Å². The maximum atomic E-state index is 10.2. The van der Waals surface area contributed by atoms with Crippen molar-refractivity contribution in [1.29, 1.82) is 0 Å². The second-order valence-electron chi connectivity index (χ2n) is 5.61. The topological polar surface area (TPSA) is 20.2 Å². The number of benzene rings is 2. The van der Waals surface area contributed by atoms with Gasteiger partial charge in [0.1, 0.15) is 0 Å². The molecule has 0 spiro atoms. The van der Waals surface area contributed by atoms with Gasteiger partial charge in [0.2, 0.25) is 0 Å². The van der Waals surface area contributed by atoms with Gasteiger partial charge < -0.3 is 5.11 Å². The quantitative estimate of drug-likeness (QED) is 0.560. The van der Waals surface area contributed by atoms with E-state index in [4.69, 9.17) is 23.2 Å². The number of hydrogen-bond donors (Lipinski definition) is 1. The van der Waals surface area contributed by atoms with Gasteiger partial charge in [-0.15, -0.1) is 0 Å². The van der Waals surface area contributed by atoms with Crippen LogP contribution in [0.2, 0.25) is 10.0 Å². The molecule has 0 aliphatic rings. The molecule has 22 heavy (non-hydrogen) atoms.